The second kappa shape index (κ2) is 4.64. The molecule has 17 heavy (non-hydrogen) atoms. The van der Waals surface area contributed by atoms with Crippen LogP contribution in [0.4, 0.5) is 4.39 Å². The zero-order chi connectivity index (χ0) is 12.5. The standard InChI is InChI=1S/C16H21F/c1-12-11-16(2,3)8-7-14(12)9-13-5-4-6-15(17)10-13/h4-6,9-10,12H,7-8,11H2,1-3H3/b14-9-. The van der Waals surface area contributed by atoms with Crippen LogP contribution >= 0.6 is 0 Å². The second-order valence-electron chi connectivity index (χ2n) is 6.04. The Morgan fingerprint density at radius 3 is 2.76 bits per heavy atom. The van der Waals surface area contributed by atoms with Gasteiger partial charge in [-0.3, -0.25) is 0 Å². The van der Waals surface area contributed by atoms with Gasteiger partial charge < -0.3 is 0 Å². The van der Waals surface area contributed by atoms with E-state index in [2.05, 4.69) is 26.8 Å². The zero-order valence-corrected chi connectivity index (χ0v) is 11.0. The van der Waals surface area contributed by atoms with Crippen LogP contribution in [0.2, 0.25) is 0 Å². The van der Waals surface area contributed by atoms with Crippen molar-refractivity contribution in [2.45, 2.75) is 40.0 Å². The number of hydrogen-bond donors (Lipinski definition) is 0. The molecule has 1 atom stereocenters. The van der Waals surface area contributed by atoms with Crippen LogP contribution in [0.25, 0.3) is 6.08 Å². The molecule has 1 aliphatic carbocycles. The van der Waals surface area contributed by atoms with Gasteiger partial charge in [0, 0.05) is 0 Å². The van der Waals surface area contributed by atoms with E-state index in [4.69, 9.17) is 0 Å². The van der Waals surface area contributed by atoms with Crippen LogP contribution in [-0.2, 0) is 0 Å². The van der Waals surface area contributed by atoms with E-state index in [1.54, 1.807) is 12.1 Å². The van der Waals surface area contributed by atoms with Gasteiger partial charge in [0.2, 0.25) is 0 Å². The summed E-state index contributed by atoms with van der Waals surface area (Å²) in [6.07, 6.45) is 5.78. The average Bonchev–Trinajstić information content (AvgIpc) is 2.22. The van der Waals surface area contributed by atoms with Gasteiger partial charge in [-0.05, 0) is 48.3 Å². The number of hydrogen-bond acceptors (Lipinski definition) is 0. The third-order valence-corrected chi connectivity index (χ3v) is 3.78. The minimum Gasteiger partial charge on any atom is -0.207 e. The van der Waals surface area contributed by atoms with Crippen LogP contribution in [0.1, 0.15) is 45.6 Å². The highest BCUT2D eigenvalue weighted by atomic mass is 19.1. The lowest BCUT2D eigenvalue weighted by Gasteiger charge is -2.35. The maximum atomic E-state index is 13.1. The molecule has 0 amide bonds. The highest BCUT2D eigenvalue weighted by molar-refractivity contribution is 5.53. The molecule has 1 aromatic carbocycles. The van der Waals surface area contributed by atoms with Gasteiger partial charge >= 0.3 is 0 Å². The first kappa shape index (κ1) is 12.3. The van der Waals surface area contributed by atoms with Gasteiger partial charge in [0.05, 0.1) is 0 Å². The Morgan fingerprint density at radius 1 is 1.35 bits per heavy atom. The van der Waals surface area contributed by atoms with Crippen LogP contribution in [0, 0.1) is 17.2 Å². The highest BCUT2D eigenvalue weighted by Crippen LogP contribution is 2.41. The summed E-state index contributed by atoms with van der Waals surface area (Å²) in [5, 5.41) is 0. The Bertz CT molecular complexity index is 429. The topological polar surface area (TPSA) is 0 Å². The lowest BCUT2D eigenvalue weighted by Crippen LogP contribution is -2.22. The molecule has 0 aliphatic heterocycles. The van der Waals surface area contributed by atoms with Crippen molar-refractivity contribution in [3.63, 3.8) is 0 Å². The molecule has 2 rings (SSSR count). The van der Waals surface area contributed by atoms with E-state index in [-0.39, 0.29) is 5.82 Å². The molecule has 0 bridgehead atoms. The molecule has 1 heteroatoms. The van der Waals surface area contributed by atoms with Crippen molar-refractivity contribution in [2.75, 3.05) is 0 Å². The quantitative estimate of drug-likeness (QED) is 0.635. The third kappa shape index (κ3) is 3.18. The lowest BCUT2D eigenvalue weighted by molar-refractivity contribution is 0.236. The lowest BCUT2D eigenvalue weighted by atomic mass is 9.70. The highest BCUT2D eigenvalue weighted by Gasteiger charge is 2.28. The van der Waals surface area contributed by atoms with E-state index < -0.39 is 0 Å². The summed E-state index contributed by atoms with van der Waals surface area (Å²) in [7, 11) is 0. The summed E-state index contributed by atoms with van der Waals surface area (Å²) in [6.45, 7) is 6.96. The van der Waals surface area contributed by atoms with Gasteiger partial charge in [0.25, 0.3) is 0 Å². The van der Waals surface area contributed by atoms with Gasteiger partial charge in [-0.25, -0.2) is 4.39 Å². The average molecular weight is 232 g/mol. The minimum atomic E-state index is -0.150. The summed E-state index contributed by atoms with van der Waals surface area (Å²) in [4.78, 5) is 0. The van der Waals surface area contributed by atoms with E-state index >= 15 is 0 Å². The fourth-order valence-corrected chi connectivity index (χ4v) is 2.82. The first-order chi connectivity index (χ1) is 7.96. The Balaban J connectivity index is 2.18. The molecular formula is C16H21F. The Kier molecular flexibility index (Phi) is 3.37. The third-order valence-electron chi connectivity index (χ3n) is 3.78. The van der Waals surface area contributed by atoms with E-state index in [0.717, 1.165) is 12.0 Å². The largest absolute Gasteiger partial charge is 0.207 e. The van der Waals surface area contributed by atoms with Crippen LogP contribution in [0.15, 0.2) is 29.8 Å². The molecular weight excluding hydrogens is 211 g/mol. The second-order valence-corrected chi connectivity index (χ2v) is 6.04. The van der Waals surface area contributed by atoms with Crippen LogP contribution in [0.5, 0.6) is 0 Å². The number of benzene rings is 1. The molecule has 0 heterocycles. The van der Waals surface area contributed by atoms with Crippen LogP contribution < -0.4 is 0 Å². The molecule has 0 N–H and O–H groups in total. The maximum absolute atomic E-state index is 13.1. The normalized spacial score (nSPS) is 26.1. The molecule has 1 unspecified atom stereocenters. The van der Waals surface area contributed by atoms with Gasteiger partial charge in [0.15, 0.2) is 0 Å². The smallest absolute Gasteiger partial charge is 0.123 e. The van der Waals surface area contributed by atoms with Gasteiger partial charge in [-0.1, -0.05) is 44.6 Å². The van der Waals surface area contributed by atoms with E-state index in [9.17, 15) is 4.39 Å². The Labute approximate surface area is 104 Å². The SMILES string of the molecule is CC1CC(C)(C)CC/C1=C/c1cccc(F)c1. The molecule has 1 aromatic rings. The summed E-state index contributed by atoms with van der Waals surface area (Å²) in [5.74, 6) is 0.463. The molecule has 0 spiro atoms. The molecule has 0 aromatic heterocycles. The van der Waals surface area contributed by atoms with Crippen LogP contribution in [0.3, 0.4) is 0 Å². The Morgan fingerprint density at radius 2 is 2.12 bits per heavy atom. The Hall–Kier alpha value is -1.11. The van der Waals surface area contributed by atoms with Gasteiger partial charge in [-0.15, -0.1) is 0 Å². The first-order valence-electron chi connectivity index (χ1n) is 6.42. The van der Waals surface area contributed by atoms with Gasteiger partial charge in [-0.2, -0.15) is 0 Å². The zero-order valence-electron chi connectivity index (χ0n) is 11.0. The van der Waals surface area contributed by atoms with E-state index in [1.807, 2.05) is 6.07 Å². The summed E-state index contributed by atoms with van der Waals surface area (Å²) >= 11 is 0. The number of allylic oxidation sites excluding steroid dienone is 1. The predicted molar refractivity (Wildman–Crippen MR) is 71.2 cm³/mol. The molecule has 1 aliphatic rings. The summed E-state index contributed by atoms with van der Waals surface area (Å²) in [5.41, 5.74) is 2.92. The van der Waals surface area contributed by atoms with Crippen molar-refractivity contribution in [1.82, 2.24) is 0 Å². The van der Waals surface area contributed by atoms with Crippen molar-refractivity contribution in [1.29, 1.82) is 0 Å². The first-order valence-corrected chi connectivity index (χ1v) is 6.42. The van der Waals surface area contributed by atoms with Crippen molar-refractivity contribution < 1.29 is 4.39 Å². The fraction of sp³-hybridized carbons (Fsp3) is 0.500. The van der Waals surface area contributed by atoms with Crippen molar-refractivity contribution in [3.8, 4) is 0 Å². The van der Waals surface area contributed by atoms with Crippen molar-refractivity contribution >= 4 is 6.08 Å². The molecule has 1 fully saturated rings. The minimum absolute atomic E-state index is 0.150. The molecule has 0 saturated heterocycles. The van der Waals surface area contributed by atoms with E-state index in [1.165, 1.54) is 24.5 Å². The molecule has 92 valence electrons. The van der Waals surface area contributed by atoms with Crippen LogP contribution in [-0.4, -0.2) is 0 Å². The molecule has 0 nitrogen and oxygen atoms in total. The summed E-state index contributed by atoms with van der Waals surface area (Å²) < 4.78 is 13.1. The maximum Gasteiger partial charge on any atom is 0.123 e. The van der Waals surface area contributed by atoms with Crippen molar-refractivity contribution in [2.24, 2.45) is 11.3 Å². The monoisotopic (exact) mass is 232 g/mol. The predicted octanol–water partition coefficient (Wildman–Crippen LogP) is 5.06. The van der Waals surface area contributed by atoms with Gasteiger partial charge in [0.1, 0.15) is 5.82 Å². The number of halogens is 1. The van der Waals surface area contributed by atoms with E-state index in [0.29, 0.717) is 11.3 Å². The van der Waals surface area contributed by atoms with Crippen molar-refractivity contribution in [3.05, 3.63) is 41.2 Å². The number of rotatable bonds is 1. The molecule has 0 radical (unpaired) electrons. The fourth-order valence-electron chi connectivity index (χ4n) is 2.82. The molecule has 1 saturated carbocycles. The summed E-state index contributed by atoms with van der Waals surface area (Å²) in [6, 6.07) is 6.86.